The van der Waals surface area contributed by atoms with Gasteiger partial charge in [-0.15, -0.1) is 0 Å². The number of para-hydroxylation sites is 1. The molecule has 1 aliphatic carbocycles. The fourth-order valence-corrected chi connectivity index (χ4v) is 4.24. The summed E-state index contributed by atoms with van der Waals surface area (Å²) in [6, 6.07) is 8.11. The Morgan fingerprint density at radius 1 is 1.14 bits per heavy atom. The molecular formula is C17H20N2O2. The SMILES string of the molecule is O=C1CC2(CCCC2)C(=O)N1C1CNc2ccccc2C1. The Morgan fingerprint density at radius 3 is 2.71 bits per heavy atom. The Labute approximate surface area is 124 Å². The zero-order chi connectivity index (χ0) is 14.4. The van der Waals surface area contributed by atoms with Crippen LogP contribution in [0.25, 0.3) is 0 Å². The van der Waals surface area contributed by atoms with E-state index in [0.717, 1.165) is 37.8 Å². The number of carbonyl (C=O) groups excluding carboxylic acids is 2. The molecule has 0 aromatic heterocycles. The highest BCUT2D eigenvalue weighted by atomic mass is 16.2. The maximum absolute atomic E-state index is 12.8. The Bertz CT molecular complexity index is 605. The number of anilines is 1. The van der Waals surface area contributed by atoms with Gasteiger partial charge in [0, 0.05) is 18.7 Å². The van der Waals surface area contributed by atoms with Crippen molar-refractivity contribution in [2.24, 2.45) is 5.41 Å². The molecule has 4 rings (SSSR count). The monoisotopic (exact) mass is 284 g/mol. The van der Waals surface area contributed by atoms with Crippen LogP contribution >= 0.6 is 0 Å². The van der Waals surface area contributed by atoms with Gasteiger partial charge in [0.05, 0.1) is 11.5 Å². The molecule has 1 N–H and O–H groups in total. The maximum atomic E-state index is 12.8. The number of hydrogen-bond acceptors (Lipinski definition) is 3. The Balaban J connectivity index is 1.60. The molecule has 1 aromatic rings. The van der Waals surface area contributed by atoms with Gasteiger partial charge in [0.1, 0.15) is 0 Å². The summed E-state index contributed by atoms with van der Waals surface area (Å²) < 4.78 is 0. The largest absolute Gasteiger partial charge is 0.383 e. The van der Waals surface area contributed by atoms with Crippen molar-refractivity contribution >= 4 is 17.5 Å². The lowest BCUT2D eigenvalue weighted by molar-refractivity contribution is -0.143. The summed E-state index contributed by atoms with van der Waals surface area (Å²) in [5.41, 5.74) is 1.97. The van der Waals surface area contributed by atoms with E-state index in [2.05, 4.69) is 17.4 Å². The van der Waals surface area contributed by atoms with Crippen LogP contribution in [0.3, 0.4) is 0 Å². The van der Waals surface area contributed by atoms with E-state index in [1.54, 1.807) is 4.90 Å². The lowest BCUT2D eigenvalue weighted by atomic mass is 9.84. The lowest BCUT2D eigenvalue weighted by Gasteiger charge is -2.33. The minimum absolute atomic E-state index is 0.0279. The molecule has 1 aromatic carbocycles. The van der Waals surface area contributed by atoms with E-state index in [-0.39, 0.29) is 23.3 Å². The average Bonchev–Trinajstić information content (AvgIpc) is 3.05. The van der Waals surface area contributed by atoms with Gasteiger partial charge in [-0.1, -0.05) is 31.0 Å². The first-order valence-corrected chi connectivity index (χ1v) is 7.88. The summed E-state index contributed by atoms with van der Waals surface area (Å²) in [5, 5.41) is 3.36. The second kappa shape index (κ2) is 4.58. The Kier molecular flexibility index (Phi) is 2.81. The highest BCUT2D eigenvalue weighted by Gasteiger charge is 2.54. The summed E-state index contributed by atoms with van der Waals surface area (Å²) in [6.45, 7) is 0.671. The minimum Gasteiger partial charge on any atom is -0.383 e. The molecule has 0 radical (unpaired) electrons. The van der Waals surface area contributed by atoms with Gasteiger partial charge < -0.3 is 5.32 Å². The van der Waals surface area contributed by atoms with Crippen LogP contribution in [0.5, 0.6) is 0 Å². The summed E-state index contributed by atoms with van der Waals surface area (Å²) in [6.07, 6.45) is 5.16. The van der Waals surface area contributed by atoms with E-state index in [0.29, 0.717) is 13.0 Å². The molecule has 1 atom stereocenters. The number of rotatable bonds is 1. The van der Waals surface area contributed by atoms with E-state index < -0.39 is 0 Å². The standard InChI is InChI=1S/C17H20N2O2/c20-15-10-17(7-3-4-8-17)16(21)19(15)13-9-12-5-1-2-6-14(12)18-11-13/h1-2,5-6,13,18H,3-4,7-11H2. The van der Waals surface area contributed by atoms with Gasteiger partial charge in [-0.05, 0) is 30.9 Å². The van der Waals surface area contributed by atoms with Gasteiger partial charge >= 0.3 is 0 Å². The van der Waals surface area contributed by atoms with Crippen molar-refractivity contribution in [3.8, 4) is 0 Å². The zero-order valence-corrected chi connectivity index (χ0v) is 12.1. The number of hydrogen-bond donors (Lipinski definition) is 1. The molecule has 1 saturated carbocycles. The van der Waals surface area contributed by atoms with Crippen LogP contribution in [-0.2, 0) is 16.0 Å². The first-order valence-electron chi connectivity index (χ1n) is 7.88. The van der Waals surface area contributed by atoms with E-state index in [1.807, 2.05) is 12.1 Å². The highest BCUT2D eigenvalue weighted by Crippen LogP contribution is 2.47. The first kappa shape index (κ1) is 12.9. The number of fused-ring (bicyclic) bond motifs is 1. The van der Waals surface area contributed by atoms with Crippen LogP contribution in [0.1, 0.15) is 37.7 Å². The lowest BCUT2D eigenvalue weighted by Crippen LogP contribution is -2.48. The van der Waals surface area contributed by atoms with E-state index in [1.165, 1.54) is 5.56 Å². The second-order valence-electron chi connectivity index (χ2n) is 6.63. The van der Waals surface area contributed by atoms with Crippen molar-refractivity contribution in [1.29, 1.82) is 0 Å². The van der Waals surface area contributed by atoms with Crippen LogP contribution in [0.4, 0.5) is 5.69 Å². The molecular weight excluding hydrogens is 264 g/mol. The number of imide groups is 1. The van der Waals surface area contributed by atoms with Crippen molar-refractivity contribution in [3.05, 3.63) is 29.8 Å². The molecule has 0 bridgehead atoms. The van der Waals surface area contributed by atoms with Crippen LogP contribution in [0, 0.1) is 5.41 Å². The number of carbonyl (C=O) groups is 2. The molecule has 2 heterocycles. The van der Waals surface area contributed by atoms with E-state index >= 15 is 0 Å². The predicted molar refractivity (Wildman–Crippen MR) is 79.8 cm³/mol. The van der Waals surface area contributed by atoms with Gasteiger partial charge in [0.2, 0.25) is 11.8 Å². The van der Waals surface area contributed by atoms with Gasteiger partial charge in [-0.3, -0.25) is 14.5 Å². The third-order valence-corrected chi connectivity index (χ3v) is 5.36. The Morgan fingerprint density at radius 2 is 1.90 bits per heavy atom. The predicted octanol–water partition coefficient (Wildman–Crippen LogP) is 2.34. The third-order valence-electron chi connectivity index (χ3n) is 5.36. The summed E-state index contributed by atoms with van der Waals surface area (Å²) in [4.78, 5) is 26.8. The second-order valence-corrected chi connectivity index (χ2v) is 6.63. The van der Waals surface area contributed by atoms with Crippen LogP contribution in [0.15, 0.2) is 24.3 Å². The number of likely N-dealkylation sites (tertiary alicyclic amines) is 1. The Hall–Kier alpha value is -1.84. The van der Waals surface area contributed by atoms with Crippen molar-refractivity contribution in [3.63, 3.8) is 0 Å². The molecule has 2 amide bonds. The van der Waals surface area contributed by atoms with E-state index in [4.69, 9.17) is 0 Å². The minimum atomic E-state index is -0.353. The van der Waals surface area contributed by atoms with Gasteiger partial charge in [-0.2, -0.15) is 0 Å². The van der Waals surface area contributed by atoms with Crippen molar-refractivity contribution < 1.29 is 9.59 Å². The molecule has 4 nitrogen and oxygen atoms in total. The molecule has 3 aliphatic rings. The van der Waals surface area contributed by atoms with Crippen molar-refractivity contribution in [2.45, 2.75) is 44.6 Å². The van der Waals surface area contributed by atoms with Crippen molar-refractivity contribution in [2.75, 3.05) is 11.9 Å². The normalized spacial score (nSPS) is 27.0. The fourth-order valence-electron chi connectivity index (χ4n) is 4.24. The summed E-state index contributed by atoms with van der Waals surface area (Å²) >= 11 is 0. The van der Waals surface area contributed by atoms with Crippen LogP contribution in [-0.4, -0.2) is 29.3 Å². The highest BCUT2D eigenvalue weighted by molar-refractivity contribution is 6.06. The number of nitrogens with one attached hydrogen (secondary N) is 1. The molecule has 1 saturated heterocycles. The topological polar surface area (TPSA) is 49.4 Å². The fraction of sp³-hybridized carbons (Fsp3) is 0.529. The molecule has 2 aliphatic heterocycles. The first-order chi connectivity index (χ1) is 10.2. The third kappa shape index (κ3) is 1.88. The van der Waals surface area contributed by atoms with E-state index in [9.17, 15) is 9.59 Å². The van der Waals surface area contributed by atoms with Gasteiger partial charge in [0.15, 0.2) is 0 Å². The van der Waals surface area contributed by atoms with Crippen molar-refractivity contribution in [1.82, 2.24) is 4.90 Å². The number of nitrogens with zero attached hydrogens (tertiary/aromatic N) is 1. The number of amides is 2. The zero-order valence-electron chi connectivity index (χ0n) is 12.1. The number of benzene rings is 1. The molecule has 110 valence electrons. The summed E-state index contributed by atoms with van der Waals surface area (Å²) in [5.74, 6) is 0.129. The quantitative estimate of drug-likeness (QED) is 0.805. The average molecular weight is 284 g/mol. The van der Waals surface area contributed by atoms with Crippen LogP contribution in [0.2, 0.25) is 0 Å². The van der Waals surface area contributed by atoms with Gasteiger partial charge in [0.25, 0.3) is 0 Å². The molecule has 1 spiro atoms. The molecule has 21 heavy (non-hydrogen) atoms. The summed E-state index contributed by atoms with van der Waals surface area (Å²) in [7, 11) is 0. The molecule has 4 heteroatoms. The van der Waals surface area contributed by atoms with Gasteiger partial charge in [-0.25, -0.2) is 0 Å². The smallest absolute Gasteiger partial charge is 0.236 e. The molecule has 2 fully saturated rings. The maximum Gasteiger partial charge on any atom is 0.236 e. The molecule has 1 unspecified atom stereocenters. The van der Waals surface area contributed by atoms with Crippen LogP contribution < -0.4 is 5.32 Å².